The van der Waals surface area contributed by atoms with E-state index in [9.17, 15) is 4.79 Å². The molecule has 2 aliphatic heterocycles. The third kappa shape index (κ3) is 3.48. The van der Waals surface area contributed by atoms with Gasteiger partial charge in [-0.05, 0) is 25.0 Å². The van der Waals surface area contributed by atoms with Gasteiger partial charge in [-0.3, -0.25) is 4.98 Å². The number of hydrogen-bond acceptors (Lipinski definition) is 4. The van der Waals surface area contributed by atoms with E-state index in [0.29, 0.717) is 19.8 Å². The molecule has 2 saturated heterocycles. The van der Waals surface area contributed by atoms with Crippen LogP contribution >= 0.6 is 0 Å². The number of pyridine rings is 1. The maximum absolute atomic E-state index is 12.3. The van der Waals surface area contributed by atoms with Crippen molar-refractivity contribution >= 4 is 6.03 Å². The number of piperidine rings is 1. The summed E-state index contributed by atoms with van der Waals surface area (Å²) in [5, 5.41) is 0. The van der Waals surface area contributed by atoms with E-state index in [1.807, 2.05) is 23.1 Å². The van der Waals surface area contributed by atoms with E-state index in [1.165, 1.54) is 0 Å². The number of nitrogens with zero attached hydrogens (tertiary/aromatic N) is 3. The summed E-state index contributed by atoms with van der Waals surface area (Å²) in [6.45, 7) is 3.31. The highest BCUT2D eigenvalue weighted by molar-refractivity contribution is 5.74. The van der Waals surface area contributed by atoms with E-state index in [1.54, 1.807) is 25.2 Å². The van der Waals surface area contributed by atoms with E-state index in [2.05, 4.69) is 4.98 Å². The van der Waals surface area contributed by atoms with Crippen molar-refractivity contribution in [3.05, 3.63) is 30.1 Å². The number of ether oxygens (including phenoxy) is 2. The van der Waals surface area contributed by atoms with Gasteiger partial charge in [-0.2, -0.15) is 0 Å². The number of aromatic nitrogens is 1. The smallest absolute Gasteiger partial charge is 0.319 e. The Labute approximate surface area is 137 Å². The largest absolute Gasteiger partial charge is 0.377 e. The van der Waals surface area contributed by atoms with Gasteiger partial charge in [0.15, 0.2) is 0 Å². The SMILES string of the molecule is CN(C)C(=O)N1CC[C@H]2OCC[C@@]2(COCc2ccccn2)C1. The first-order chi connectivity index (χ1) is 11.1. The van der Waals surface area contributed by atoms with Crippen LogP contribution in [0.3, 0.4) is 0 Å². The molecule has 1 aromatic rings. The van der Waals surface area contributed by atoms with Gasteiger partial charge in [0, 0.05) is 45.4 Å². The molecule has 2 fully saturated rings. The van der Waals surface area contributed by atoms with Crippen molar-refractivity contribution in [3.63, 3.8) is 0 Å². The van der Waals surface area contributed by atoms with Gasteiger partial charge in [0.25, 0.3) is 0 Å². The summed E-state index contributed by atoms with van der Waals surface area (Å²) in [4.78, 5) is 20.1. The molecule has 3 heterocycles. The number of carbonyl (C=O) groups is 1. The number of likely N-dealkylation sites (tertiary alicyclic amines) is 1. The van der Waals surface area contributed by atoms with Crippen LogP contribution in [0.1, 0.15) is 18.5 Å². The van der Waals surface area contributed by atoms with Crippen LogP contribution < -0.4 is 0 Å². The summed E-state index contributed by atoms with van der Waals surface area (Å²) < 4.78 is 11.9. The van der Waals surface area contributed by atoms with Crippen LogP contribution in [0.25, 0.3) is 0 Å². The maximum atomic E-state index is 12.3. The zero-order valence-corrected chi connectivity index (χ0v) is 13.9. The van der Waals surface area contributed by atoms with E-state index in [0.717, 1.165) is 31.7 Å². The van der Waals surface area contributed by atoms with Gasteiger partial charge >= 0.3 is 6.03 Å². The second kappa shape index (κ2) is 6.84. The number of carbonyl (C=O) groups excluding carboxylic acids is 1. The van der Waals surface area contributed by atoms with Crippen LogP contribution in [-0.4, -0.2) is 67.3 Å². The number of rotatable bonds is 4. The van der Waals surface area contributed by atoms with Gasteiger partial charge < -0.3 is 19.3 Å². The molecule has 2 atom stereocenters. The Morgan fingerprint density at radius 3 is 3.13 bits per heavy atom. The molecule has 1 aromatic heterocycles. The third-order valence-electron chi connectivity index (χ3n) is 4.79. The molecular formula is C17H25N3O3. The maximum Gasteiger partial charge on any atom is 0.319 e. The predicted octanol–water partition coefficient (Wildman–Crippen LogP) is 1.76. The molecule has 0 aliphatic carbocycles. The summed E-state index contributed by atoms with van der Waals surface area (Å²) in [6, 6.07) is 5.89. The fourth-order valence-electron chi connectivity index (χ4n) is 3.54. The Kier molecular flexibility index (Phi) is 4.82. The number of fused-ring (bicyclic) bond motifs is 1. The van der Waals surface area contributed by atoms with E-state index in [4.69, 9.17) is 9.47 Å². The predicted molar refractivity (Wildman–Crippen MR) is 86.0 cm³/mol. The minimum absolute atomic E-state index is 0.0689. The van der Waals surface area contributed by atoms with Gasteiger partial charge in [0.1, 0.15) is 0 Å². The molecule has 23 heavy (non-hydrogen) atoms. The van der Waals surface area contributed by atoms with Crippen molar-refractivity contribution in [3.8, 4) is 0 Å². The molecule has 0 aromatic carbocycles. The lowest BCUT2D eigenvalue weighted by atomic mass is 9.77. The van der Waals surface area contributed by atoms with Crippen LogP contribution in [0.5, 0.6) is 0 Å². The van der Waals surface area contributed by atoms with Gasteiger partial charge in [-0.15, -0.1) is 0 Å². The molecule has 0 unspecified atom stereocenters. The lowest BCUT2D eigenvalue weighted by molar-refractivity contribution is -0.0597. The monoisotopic (exact) mass is 319 g/mol. The Bertz CT molecular complexity index is 537. The Morgan fingerprint density at radius 1 is 1.52 bits per heavy atom. The van der Waals surface area contributed by atoms with Gasteiger partial charge in [-0.25, -0.2) is 4.79 Å². The Morgan fingerprint density at radius 2 is 2.39 bits per heavy atom. The fourth-order valence-corrected chi connectivity index (χ4v) is 3.54. The third-order valence-corrected chi connectivity index (χ3v) is 4.79. The quantitative estimate of drug-likeness (QED) is 0.848. The van der Waals surface area contributed by atoms with Crippen molar-refractivity contribution in [1.82, 2.24) is 14.8 Å². The van der Waals surface area contributed by atoms with Crippen molar-refractivity contribution in [2.24, 2.45) is 5.41 Å². The summed E-state index contributed by atoms with van der Waals surface area (Å²) in [5.41, 5.74) is 0.843. The number of urea groups is 1. The van der Waals surface area contributed by atoms with Crippen molar-refractivity contribution < 1.29 is 14.3 Å². The molecule has 6 nitrogen and oxygen atoms in total. The summed E-state index contributed by atoms with van der Waals surface area (Å²) >= 11 is 0. The molecule has 0 bridgehead atoms. The van der Waals surface area contributed by atoms with Crippen LogP contribution in [0.4, 0.5) is 4.79 Å². The molecule has 3 rings (SSSR count). The first kappa shape index (κ1) is 16.2. The zero-order chi connectivity index (χ0) is 16.3. The lowest BCUT2D eigenvalue weighted by Gasteiger charge is -2.44. The number of hydrogen-bond donors (Lipinski definition) is 0. The molecule has 0 N–H and O–H groups in total. The van der Waals surface area contributed by atoms with Gasteiger partial charge in [0.05, 0.1) is 25.0 Å². The highest BCUT2D eigenvalue weighted by Gasteiger charge is 2.49. The topological polar surface area (TPSA) is 54.9 Å². The minimum Gasteiger partial charge on any atom is -0.377 e. The van der Waals surface area contributed by atoms with Crippen molar-refractivity contribution in [2.75, 3.05) is 40.4 Å². The minimum atomic E-state index is -0.0846. The second-order valence-electron chi connectivity index (χ2n) is 6.67. The normalized spacial score (nSPS) is 26.9. The average molecular weight is 319 g/mol. The lowest BCUT2D eigenvalue weighted by Crippen LogP contribution is -2.55. The summed E-state index contributed by atoms with van der Waals surface area (Å²) in [6.07, 6.45) is 3.79. The van der Waals surface area contributed by atoms with E-state index < -0.39 is 0 Å². The molecule has 2 aliphatic rings. The van der Waals surface area contributed by atoms with Crippen LogP contribution in [0, 0.1) is 5.41 Å². The first-order valence-electron chi connectivity index (χ1n) is 8.16. The van der Waals surface area contributed by atoms with Crippen molar-refractivity contribution in [1.29, 1.82) is 0 Å². The fraction of sp³-hybridized carbons (Fsp3) is 0.647. The Balaban J connectivity index is 1.63. The summed E-state index contributed by atoms with van der Waals surface area (Å²) in [7, 11) is 3.59. The molecule has 2 amide bonds. The van der Waals surface area contributed by atoms with Crippen LogP contribution in [0.2, 0.25) is 0 Å². The number of amides is 2. The summed E-state index contributed by atoms with van der Waals surface area (Å²) in [5.74, 6) is 0. The van der Waals surface area contributed by atoms with Crippen LogP contribution in [-0.2, 0) is 16.1 Å². The Hall–Kier alpha value is -1.66. The molecule has 0 spiro atoms. The highest BCUT2D eigenvalue weighted by Crippen LogP contribution is 2.41. The molecule has 6 heteroatoms. The van der Waals surface area contributed by atoms with Gasteiger partial charge in [0.2, 0.25) is 0 Å². The average Bonchev–Trinajstić information content (AvgIpc) is 2.98. The molecule has 126 valence electrons. The second-order valence-corrected chi connectivity index (χ2v) is 6.67. The zero-order valence-electron chi connectivity index (χ0n) is 13.9. The molecular weight excluding hydrogens is 294 g/mol. The molecule has 0 radical (unpaired) electrons. The standard InChI is InChI=1S/C17H25N3O3/c1-19(2)16(21)20-9-6-15-17(12-20,7-10-23-15)13-22-11-14-5-3-4-8-18-14/h3-5,8,15H,6-7,9-13H2,1-2H3/t15-,17+/m1/s1. The van der Waals surface area contributed by atoms with E-state index in [-0.39, 0.29) is 17.6 Å². The molecule has 0 saturated carbocycles. The van der Waals surface area contributed by atoms with Crippen molar-refractivity contribution in [2.45, 2.75) is 25.6 Å². The first-order valence-corrected chi connectivity index (χ1v) is 8.16. The highest BCUT2D eigenvalue weighted by atomic mass is 16.5. The van der Waals surface area contributed by atoms with E-state index >= 15 is 0 Å². The van der Waals surface area contributed by atoms with Crippen LogP contribution in [0.15, 0.2) is 24.4 Å². The van der Waals surface area contributed by atoms with Gasteiger partial charge in [-0.1, -0.05) is 6.07 Å².